The maximum absolute atomic E-state index is 12.0. The Balaban J connectivity index is 1.69. The summed E-state index contributed by atoms with van der Waals surface area (Å²) >= 11 is 0. The molecule has 0 radical (unpaired) electrons. The van der Waals surface area contributed by atoms with Gasteiger partial charge in [-0.2, -0.15) is 0 Å². The number of nitrogen functional groups attached to an aromatic ring is 1. The Morgan fingerprint density at radius 1 is 1.00 bits per heavy atom. The molecule has 0 amide bonds. The molecule has 1 aromatic carbocycles. The van der Waals surface area contributed by atoms with Gasteiger partial charge in [0.2, 0.25) is 10.0 Å². The molecular formula is C23H20N6O2S. The monoisotopic (exact) mass is 444 g/mol. The van der Waals surface area contributed by atoms with Gasteiger partial charge in [-0.05, 0) is 67.9 Å². The van der Waals surface area contributed by atoms with Gasteiger partial charge in [-0.3, -0.25) is 0 Å². The van der Waals surface area contributed by atoms with Gasteiger partial charge in [-0.15, -0.1) is 0 Å². The van der Waals surface area contributed by atoms with E-state index in [9.17, 15) is 8.42 Å². The average molecular weight is 445 g/mol. The first-order valence-electron chi connectivity index (χ1n) is 9.66. The maximum Gasteiger partial charge on any atom is 0.240 e. The zero-order chi connectivity index (χ0) is 22.7. The Labute approximate surface area is 186 Å². The molecule has 3 aromatic heterocycles. The van der Waals surface area contributed by atoms with E-state index in [0.29, 0.717) is 22.9 Å². The highest BCUT2D eigenvalue weighted by molar-refractivity contribution is 7.89. The molecule has 0 spiro atoms. The van der Waals surface area contributed by atoms with E-state index in [1.807, 2.05) is 19.1 Å². The van der Waals surface area contributed by atoms with Crippen LogP contribution in [0.15, 0.2) is 66.0 Å². The second kappa shape index (κ2) is 8.63. The van der Waals surface area contributed by atoms with Crippen LogP contribution in [0.25, 0.3) is 10.8 Å². The molecule has 0 saturated carbocycles. The average Bonchev–Trinajstić information content (AvgIpc) is 2.80. The number of benzene rings is 1. The summed E-state index contributed by atoms with van der Waals surface area (Å²) in [6.07, 6.45) is 5.03. The van der Waals surface area contributed by atoms with Crippen LogP contribution in [-0.4, -0.2) is 30.4 Å². The topological polar surface area (TPSA) is 123 Å². The van der Waals surface area contributed by atoms with Crippen molar-refractivity contribution in [2.75, 3.05) is 18.1 Å². The molecule has 160 valence electrons. The van der Waals surface area contributed by atoms with Gasteiger partial charge in [-0.25, -0.2) is 28.1 Å². The predicted molar refractivity (Wildman–Crippen MR) is 125 cm³/mol. The fraction of sp³-hybridized carbons (Fsp3) is 0.0870. The largest absolute Gasteiger partial charge is 0.383 e. The van der Waals surface area contributed by atoms with E-state index >= 15 is 0 Å². The highest BCUT2D eigenvalue weighted by atomic mass is 32.2. The Kier molecular flexibility index (Phi) is 5.73. The lowest BCUT2D eigenvalue weighted by atomic mass is 10.1. The van der Waals surface area contributed by atoms with Crippen molar-refractivity contribution in [2.45, 2.75) is 11.8 Å². The third kappa shape index (κ3) is 4.37. The Bertz CT molecular complexity index is 1490. The van der Waals surface area contributed by atoms with E-state index in [0.717, 1.165) is 22.0 Å². The standard InChI is InChI=1S/C23H20N6O2S/c1-15-12-18(32(30,31)25-2)6-8-20(15)29-22-13-19-17(14-28-22)9-11-26-21(19)7-5-16-4-3-10-27-23(16)24/h3-4,6,8-14,25H,1-2H3,(H2,24,27)(H,28,29). The first-order valence-corrected chi connectivity index (χ1v) is 11.1. The summed E-state index contributed by atoms with van der Waals surface area (Å²) in [4.78, 5) is 13.1. The molecule has 0 saturated heterocycles. The maximum atomic E-state index is 12.0. The number of aryl methyl sites for hydroxylation is 1. The number of sulfonamides is 1. The molecule has 0 atom stereocenters. The van der Waals surface area contributed by atoms with Crippen LogP contribution in [0, 0.1) is 18.8 Å². The van der Waals surface area contributed by atoms with Gasteiger partial charge in [-0.1, -0.05) is 5.92 Å². The normalized spacial score (nSPS) is 11.1. The molecule has 4 N–H and O–H groups in total. The third-order valence-electron chi connectivity index (χ3n) is 4.84. The summed E-state index contributed by atoms with van der Waals surface area (Å²) in [7, 11) is -2.13. The molecular weight excluding hydrogens is 424 g/mol. The molecule has 0 aliphatic rings. The molecule has 0 bridgehead atoms. The number of nitrogens with two attached hydrogens (primary N) is 1. The predicted octanol–water partition coefficient (Wildman–Crippen LogP) is 2.97. The fourth-order valence-corrected chi connectivity index (χ4v) is 3.90. The van der Waals surface area contributed by atoms with E-state index in [1.54, 1.807) is 48.9 Å². The van der Waals surface area contributed by atoms with Gasteiger partial charge in [0.25, 0.3) is 0 Å². The van der Waals surface area contributed by atoms with Crippen LogP contribution in [0.5, 0.6) is 0 Å². The minimum absolute atomic E-state index is 0.200. The number of pyridine rings is 3. The number of rotatable bonds is 4. The summed E-state index contributed by atoms with van der Waals surface area (Å²) in [5.41, 5.74) is 8.60. The second-order valence-corrected chi connectivity index (χ2v) is 8.83. The number of hydrogen-bond donors (Lipinski definition) is 3. The van der Waals surface area contributed by atoms with Crippen LogP contribution in [0.4, 0.5) is 17.3 Å². The molecule has 4 aromatic rings. The van der Waals surface area contributed by atoms with E-state index < -0.39 is 10.0 Å². The number of anilines is 3. The summed E-state index contributed by atoms with van der Waals surface area (Å²) in [5.74, 6) is 7.04. The molecule has 8 nitrogen and oxygen atoms in total. The highest BCUT2D eigenvalue weighted by Gasteiger charge is 2.13. The van der Waals surface area contributed by atoms with Gasteiger partial charge in [0.1, 0.15) is 17.3 Å². The van der Waals surface area contributed by atoms with Crippen molar-refractivity contribution in [3.05, 3.63) is 77.9 Å². The van der Waals surface area contributed by atoms with E-state index in [4.69, 9.17) is 5.73 Å². The molecule has 0 fully saturated rings. The van der Waals surface area contributed by atoms with Crippen LogP contribution in [0.3, 0.4) is 0 Å². The lowest BCUT2D eigenvalue weighted by molar-refractivity contribution is 0.588. The van der Waals surface area contributed by atoms with Gasteiger partial charge in [0.05, 0.1) is 10.5 Å². The number of nitrogens with zero attached hydrogens (tertiary/aromatic N) is 3. The lowest BCUT2D eigenvalue weighted by Gasteiger charge is -2.11. The molecule has 0 aliphatic carbocycles. The number of hydrogen-bond acceptors (Lipinski definition) is 7. The van der Waals surface area contributed by atoms with E-state index in [2.05, 4.69) is 36.8 Å². The van der Waals surface area contributed by atoms with Crippen molar-refractivity contribution < 1.29 is 8.42 Å². The van der Waals surface area contributed by atoms with Crippen LogP contribution in [0.1, 0.15) is 16.8 Å². The quantitative estimate of drug-likeness (QED) is 0.414. The summed E-state index contributed by atoms with van der Waals surface area (Å²) in [5, 5.41) is 4.95. The SMILES string of the molecule is CNS(=O)(=O)c1ccc(Nc2cc3c(C#Cc4cccnc4N)nccc3cn2)c(C)c1. The Morgan fingerprint density at radius 3 is 2.59 bits per heavy atom. The van der Waals surface area contributed by atoms with Crippen molar-refractivity contribution in [1.29, 1.82) is 0 Å². The zero-order valence-corrected chi connectivity index (χ0v) is 18.2. The second-order valence-electron chi connectivity index (χ2n) is 6.95. The Morgan fingerprint density at radius 2 is 1.84 bits per heavy atom. The van der Waals surface area contributed by atoms with Gasteiger partial charge < -0.3 is 11.1 Å². The van der Waals surface area contributed by atoms with E-state index in [1.165, 1.54) is 7.05 Å². The van der Waals surface area contributed by atoms with Crippen molar-refractivity contribution >= 4 is 38.1 Å². The van der Waals surface area contributed by atoms with Crippen LogP contribution >= 0.6 is 0 Å². The number of fused-ring (bicyclic) bond motifs is 1. The highest BCUT2D eigenvalue weighted by Crippen LogP contribution is 2.25. The van der Waals surface area contributed by atoms with Crippen molar-refractivity contribution in [2.24, 2.45) is 0 Å². The molecule has 0 aliphatic heterocycles. The van der Waals surface area contributed by atoms with Crippen molar-refractivity contribution in [3.8, 4) is 11.8 Å². The van der Waals surface area contributed by atoms with Crippen molar-refractivity contribution in [3.63, 3.8) is 0 Å². The number of nitrogens with one attached hydrogen (secondary N) is 2. The minimum Gasteiger partial charge on any atom is -0.383 e. The summed E-state index contributed by atoms with van der Waals surface area (Å²) in [6, 6.07) is 12.1. The minimum atomic E-state index is -3.51. The van der Waals surface area contributed by atoms with Crippen LogP contribution in [-0.2, 0) is 10.0 Å². The third-order valence-corrected chi connectivity index (χ3v) is 6.25. The molecule has 0 unspecified atom stereocenters. The summed E-state index contributed by atoms with van der Waals surface area (Å²) in [6.45, 7) is 1.83. The molecule has 9 heteroatoms. The Hall–Kier alpha value is -4.00. The summed E-state index contributed by atoms with van der Waals surface area (Å²) < 4.78 is 26.3. The molecule has 32 heavy (non-hydrogen) atoms. The molecule has 3 heterocycles. The lowest BCUT2D eigenvalue weighted by Crippen LogP contribution is -2.18. The van der Waals surface area contributed by atoms with Gasteiger partial charge in [0.15, 0.2) is 0 Å². The first kappa shape index (κ1) is 21.2. The zero-order valence-electron chi connectivity index (χ0n) is 17.4. The van der Waals surface area contributed by atoms with Gasteiger partial charge in [0, 0.05) is 35.1 Å². The fourth-order valence-electron chi connectivity index (χ4n) is 3.08. The first-order chi connectivity index (χ1) is 15.4. The van der Waals surface area contributed by atoms with E-state index in [-0.39, 0.29) is 4.90 Å². The van der Waals surface area contributed by atoms with Crippen LogP contribution < -0.4 is 15.8 Å². The van der Waals surface area contributed by atoms with Crippen LogP contribution in [0.2, 0.25) is 0 Å². The number of aromatic nitrogens is 3. The molecule has 4 rings (SSSR count). The van der Waals surface area contributed by atoms with Crippen molar-refractivity contribution in [1.82, 2.24) is 19.7 Å². The van der Waals surface area contributed by atoms with Gasteiger partial charge >= 0.3 is 0 Å². The smallest absolute Gasteiger partial charge is 0.240 e.